The van der Waals surface area contributed by atoms with Crippen LogP contribution in [0.25, 0.3) is 0 Å². The number of ether oxygens (including phenoxy) is 2. The van der Waals surface area contributed by atoms with Crippen LogP contribution >= 0.6 is 0 Å². The predicted octanol–water partition coefficient (Wildman–Crippen LogP) is 2.10. The van der Waals surface area contributed by atoms with Gasteiger partial charge in [-0.1, -0.05) is 18.2 Å². The zero-order valence-corrected chi connectivity index (χ0v) is 13.5. The van der Waals surface area contributed by atoms with E-state index in [1.54, 1.807) is 12.0 Å². The number of benzene rings is 1. The maximum Gasteiger partial charge on any atom is 0.308 e. The molecule has 2 atom stereocenters. The minimum Gasteiger partial charge on any atom is -0.494 e. The minimum atomic E-state index is -0.892. The lowest BCUT2D eigenvalue weighted by Crippen LogP contribution is -2.46. The first-order chi connectivity index (χ1) is 11.1. The fourth-order valence-electron chi connectivity index (χ4n) is 3.06. The number of likely N-dealkylation sites (tertiary alicyclic amines) is 1. The van der Waals surface area contributed by atoms with Crippen molar-refractivity contribution in [1.82, 2.24) is 4.90 Å². The summed E-state index contributed by atoms with van der Waals surface area (Å²) in [5, 5.41) is 9.61. The van der Waals surface area contributed by atoms with Crippen molar-refractivity contribution in [2.45, 2.75) is 25.8 Å². The van der Waals surface area contributed by atoms with Crippen molar-refractivity contribution in [2.24, 2.45) is 5.92 Å². The van der Waals surface area contributed by atoms with Crippen LogP contribution in [-0.2, 0) is 14.3 Å². The van der Waals surface area contributed by atoms with Crippen molar-refractivity contribution in [3.63, 3.8) is 0 Å². The lowest BCUT2D eigenvalue weighted by atomic mass is 9.84. The molecule has 23 heavy (non-hydrogen) atoms. The average Bonchev–Trinajstić information content (AvgIpc) is 2.54. The molecule has 1 aromatic rings. The van der Waals surface area contributed by atoms with E-state index in [1.807, 2.05) is 31.2 Å². The number of amides is 1. The molecule has 1 aliphatic heterocycles. The van der Waals surface area contributed by atoms with E-state index in [9.17, 15) is 14.7 Å². The fraction of sp³-hybridized carbons (Fsp3) is 0.529. The molecule has 0 saturated carbocycles. The molecule has 1 heterocycles. The van der Waals surface area contributed by atoms with Gasteiger partial charge in [0.2, 0.25) is 5.91 Å². The fourth-order valence-corrected chi connectivity index (χ4v) is 3.06. The Bertz CT molecular complexity index is 560. The number of piperidine rings is 1. The quantitative estimate of drug-likeness (QED) is 0.832. The standard InChI is InChI=1S/C17H23NO5/c1-3-23-14-7-5-4-6-12(14)16-13(17(20)21)8-9-15(19)18(16)10-11-22-2/h4-7,13,16H,3,8-11H2,1-2H3,(H,20,21). The van der Waals surface area contributed by atoms with Crippen molar-refractivity contribution >= 4 is 11.9 Å². The number of hydrogen-bond donors (Lipinski definition) is 1. The molecule has 126 valence electrons. The smallest absolute Gasteiger partial charge is 0.308 e. The maximum absolute atomic E-state index is 12.4. The lowest BCUT2D eigenvalue weighted by molar-refractivity contribution is -0.152. The molecular formula is C17H23NO5. The molecule has 1 N–H and O–H groups in total. The number of carboxylic acids is 1. The number of carboxylic acid groups (broad SMARTS) is 1. The highest BCUT2D eigenvalue weighted by Crippen LogP contribution is 2.40. The zero-order valence-electron chi connectivity index (χ0n) is 13.5. The first-order valence-corrected chi connectivity index (χ1v) is 7.83. The number of carbonyl (C=O) groups is 2. The summed E-state index contributed by atoms with van der Waals surface area (Å²) >= 11 is 0. The topological polar surface area (TPSA) is 76.1 Å². The minimum absolute atomic E-state index is 0.0455. The number of hydrogen-bond acceptors (Lipinski definition) is 4. The summed E-state index contributed by atoms with van der Waals surface area (Å²) < 4.78 is 10.7. The van der Waals surface area contributed by atoms with Crippen molar-refractivity contribution in [2.75, 3.05) is 26.9 Å². The predicted molar refractivity (Wildman–Crippen MR) is 84.3 cm³/mol. The first kappa shape index (κ1) is 17.3. The van der Waals surface area contributed by atoms with Crippen molar-refractivity contribution < 1.29 is 24.2 Å². The van der Waals surface area contributed by atoms with Crippen LogP contribution in [0.3, 0.4) is 0 Å². The van der Waals surface area contributed by atoms with Gasteiger partial charge in [-0.25, -0.2) is 0 Å². The molecule has 1 aromatic carbocycles. The summed E-state index contributed by atoms with van der Waals surface area (Å²) in [4.78, 5) is 25.7. The van der Waals surface area contributed by atoms with E-state index in [0.29, 0.717) is 31.9 Å². The average molecular weight is 321 g/mol. The third-order valence-electron chi connectivity index (χ3n) is 4.10. The van der Waals surface area contributed by atoms with Gasteiger partial charge < -0.3 is 19.5 Å². The van der Waals surface area contributed by atoms with Gasteiger partial charge >= 0.3 is 5.97 Å². The summed E-state index contributed by atoms with van der Waals surface area (Å²) in [7, 11) is 1.56. The van der Waals surface area contributed by atoms with Gasteiger partial charge in [-0.2, -0.15) is 0 Å². The van der Waals surface area contributed by atoms with E-state index in [0.717, 1.165) is 5.56 Å². The molecule has 0 spiro atoms. The molecule has 0 bridgehead atoms. The molecule has 1 saturated heterocycles. The molecule has 1 aliphatic rings. The Labute approximate surface area is 136 Å². The van der Waals surface area contributed by atoms with Crippen molar-refractivity contribution in [3.8, 4) is 5.75 Å². The third-order valence-corrected chi connectivity index (χ3v) is 4.10. The third kappa shape index (κ3) is 3.82. The second-order valence-electron chi connectivity index (χ2n) is 5.48. The van der Waals surface area contributed by atoms with Crippen LogP contribution in [0.5, 0.6) is 5.75 Å². The highest BCUT2D eigenvalue weighted by Gasteiger charge is 2.41. The molecule has 2 unspecified atom stereocenters. The number of para-hydroxylation sites is 1. The van der Waals surface area contributed by atoms with Gasteiger partial charge in [0, 0.05) is 25.6 Å². The molecule has 0 aliphatic carbocycles. The van der Waals surface area contributed by atoms with Crippen LogP contribution < -0.4 is 4.74 Å². The van der Waals surface area contributed by atoms with Gasteiger partial charge in [-0.05, 0) is 19.4 Å². The van der Waals surface area contributed by atoms with Gasteiger partial charge in [0.15, 0.2) is 0 Å². The normalized spacial score (nSPS) is 21.3. The van der Waals surface area contributed by atoms with Crippen LogP contribution in [0.1, 0.15) is 31.4 Å². The van der Waals surface area contributed by atoms with Crippen molar-refractivity contribution in [3.05, 3.63) is 29.8 Å². The highest BCUT2D eigenvalue weighted by atomic mass is 16.5. The van der Waals surface area contributed by atoms with E-state index in [-0.39, 0.29) is 12.3 Å². The summed E-state index contributed by atoms with van der Waals surface area (Å²) in [5.41, 5.74) is 0.742. The Morgan fingerprint density at radius 3 is 2.78 bits per heavy atom. The van der Waals surface area contributed by atoms with Crippen molar-refractivity contribution in [1.29, 1.82) is 0 Å². The summed E-state index contributed by atoms with van der Waals surface area (Å²) in [5.74, 6) is -0.957. The van der Waals surface area contributed by atoms with Crippen LogP contribution in [0.15, 0.2) is 24.3 Å². The number of nitrogens with zero attached hydrogens (tertiary/aromatic N) is 1. The largest absolute Gasteiger partial charge is 0.494 e. The lowest BCUT2D eigenvalue weighted by Gasteiger charge is -2.40. The maximum atomic E-state index is 12.4. The van der Waals surface area contributed by atoms with Crippen LogP contribution in [-0.4, -0.2) is 48.8 Å². The molecule has 0 aromatic heterocycles. The SMILES string of the molecule is CCOc1ccccc1C1C(C(=O)O)CCC(=O)N1CCOC. The van der Waals surface area contributed by atoms with Crippen LogP contribution in [0.4, 0.5) is 0 Å². The molecule has 2 rings (SSSR count). The molecule has 1 amide bonds. The van der Waals surface area contributed by atoms with E-state index in [4.69, 9.17) is 9.47 Å². The summed E-state index contributed by atoms with van der Waals surface area (Å²) in [6, 6.07) is 6.79. The second-order valence-corrected chi connectivity index (χ2v) is 5.48. The van der Waals surface area contributed by atoms with Gasteiger partial charge in [0.25, 0.3) is 0 Å². The monoisotopic (exact) mass is 321 g/mol. The molecule has 0 radical (unpaired) electrons. The summed E-state index contributed by atoms with van der Waals surface area (Å²) in [6.45, 7) is 3.09. The Balaban J connectivity index is 2.44. The zero-order chi connectivity index (χ0) is 16.8. The first-order valence-electron chi connectivity index (χ1n) is 7.83. The van der Waals surface area contributed by atoms with Gasteiger partial charge in [0.05, 0.1) is 25.2 Å². The number of aliphatic carboxylic acids is 1. The number of methoxy groups -OCH3 is 1. The highest BCUT2D eigenvalue weighted by molar-refractivity contribution is 5.82. The summed E-state index contributed by atoms with van der Waals surface area (Å²) in [6.07, 6.45) is 0.580. The molecule has 6 heteroatoms. The Hall–Kier alpha value is -2.08. The molecule has 1 fully saturated rings. The van der Waals surface area contributed by atoms with Gasteiger partial charge in [-0.3, -0.25) is 9.59 Å². The van der Waals surface area contributed by atoms with E-state index >= 15 is 0 Å². The van der Waals surface area contributed by atoms with Crippen LogP contribution in [0, 0.1) is 5.92 Å². The Kier molecular flexibility index (Phi) is 5.98. The van der Waals surface area contributed by atoms with Gasteiger partial charge in [0.1, 0.15) is 5.75 Å². The van der Waals surface area contributed by atoms with E-state index in [1.165, 1.54) is 0 Å². The molecular weight excluding hydrogens is 298 g/mol. The number of carbonyl (C=O) groups excluding carboxylic acids is 1. The van der Waals surface area contributed by atoms with E-state index in [2.05, 4.69) is 0 Å². The van der Waals surface area contributed by atoms with Crippen LogP contribution in [0.2, 0.25) is 0 Å². The van der Waals surface area contributed by atoms with E-state index < -0.39 is 17.9 Å². The number of rotatable bonds is 7. The Morgan fingerprint density at radius 1 is 1.39 bits per heavy atom. The molecule has 6 nitrogen and oxygen atoms in total. The second kappa shape index (κ2) is 7.97. The Morgan fingerprint density at radius 2 is 2.13 bits per heavy atom. The van der Waals surface area contributed by atoms with Gasteiger partial charge in [-0.15, -0.1) is 0 Å².